The summed E-state index contributed by atoms with van der Waals surface area (Å²) in [5.41, 5.74) is 9.18. The molecule has 0 saturated carbocycles. The highest BCUT2D eigenvalue weighted by Gasteiger charge is 2.35. The van der Waals surface area contributed by atoms with Gasteiger partial charge in [0.05, 0.1) is 32.5 Å². The summed E-state index contributed by atoms with van der Waals surface area (Å²) in [5, 5.41) is 3.03. The van der Waals surface area contributed by atoms with Crippen molar-refractivity contribution in [3.63, 3.8) is 0 Å². The number of halogens is 1. The van der Waals surface area contributed by atoms with Crippen LogP contribution < -0.4 is 20.3 Å². The molecule has 0 bridgehead atoms. The molecule has 10 heteroatoms. The highest BCUT2D eigenvalue weighted by molar-refractivity contribution is 7.09. The molecule has 0 radical (unpaired) electrons. The fourth-order valence-electron chi connectivity index (χ4n) is 4.71. The molecule has 2 aliphatic heterocycles. The van der Waals surface area contributed by atoms with Crippen LogP contribution in [0.1, 0.15) is 23.0 Å². The molecule has 1 amide bonds. The van der Waals surface area contributed by atoms with Crippen molar-refractivity contribution in [3.8, 4) is 22.8 Å². The molecule has 2 aromatic carbocycles. The van der Waals surface area contributed by atoms with Crippen molar-refractivity contribution < 1.29 is 18.7 Å². The van der Waals surface area contributed by atoms with Crippen molar-refractivity contribution in [2.45, 2.75) is 25.0 Å². The van der Waals surface area contributed by atoms with Crippen LogP contribution in [-0.4, -0.2) is 67.1 Å². The quantitative estimate of drug-likeness (QED) is 0.504. The smallest absolute Gasteiger partial charge is 0.241 e. The van der Waals surface area contributed by atoms with Gasteiger partial charge in [-0.1, -0.05) is 0 Å². The molecule has 1 aromatic heterocycles. The number of ether oxygens (including phenoxy) is 2. The Morgan fingerprint density at radius 2 is 1.86 bits per heavy atom. The number of nitrogens with zero attached hydrogens (tertiary/aromatic N) is 3. The summed E-state index contributed by atoms with van der Waals surface area (Å²) in [4.78, 5) is 22.2. The Balaban J connectivity index is 1.13. The summed E-state index contributed by atoms with van der Waals surface area (Å²) in [6, 6.07) is 11.8. The summed E-state index contributed by atoms with van der Waals surface area (Å²) in [7, 11) is 3.28. The van der Waals surface area contributed by atoms with E-state index in [2.05, 4.69) is 15.8 Å². The van der Waals surface area contributed by atoms with Crippen LogP contribution in [0.3, 0.4) is 0 Å². The number of amides is 1. The number of hydrogen-bond donors (Lipinski definition) is 2. The van der Waals surface area contributed by atoms with Crippen LogP contribution in [0.15, 0.2) is 47.8 Å². The standard InChI is InChI=1S/C26H30FN5O3S/c1-34-19-7-8-24(35-2)20(13-19)21-14-22(30-29-21)26(33)32-11-9-31(10-12-32)15-25-28-23(16-36-25)17-3-5-18(27)6-4-17/h3-8,13,16,21-22,29-30H,9-12,14-15H2,1-2H3. The van der Waals surface area contributed by atoms with Gasteiger partial charge < -0.3 is 14.4 Å². The molecule has 2 fully saturated rings. The van der Waals surface area contributed by atoms with Crippen molar-refractivity contribution in [3.05, 3.63) is 64.2 Å². The average Bonchev–Trinajstić information content (AvgIpc) is 3.59. The van der Waals surface area contributed by atoms with E-state index in [1.54, 1.807) is 37.7 Å². The molecule has 2 unspecified atom stereocenters. The number of hydrazine groups is 1. The predicted molar refractivity (Wildman–Crippen MR) is 136 cm³/mol. The first-order valence-corrected chi connectivity index (χ1v) is 12.9. The summed E-state index contributed by atoms with van der Waals surface area (Å²) in [6.07, 6.45) is 0.633. The molecule has 2 saturated heterocycles. The summed E-state index contributed by atoms with van der Waals surface area (Å²) >= 11 is 1.61. The second-order valence-electron chi connectivity index (χ2n) is 8.97. The molecular weight excluding hydrogens is 481 g/mol. The third-order valence-electron chi connectivity index (χ3n) is 6.75. The third kappa shape index (κ3) is 5.36. The Morgan fingerprint density at radius 3 is 2.58 bits per heavy atom. The lowest BCUT2D eigenvalue weighted by Gasteiger charge is -2.35. The number of methoxy groups -OCH3 is 2. The Bertz CT molecular complexity index is 1200. The normalized spacial score (nSPS) is 20.5. The van der Waals surface area contributed by atoms with Gasteiger partial charge in [-0.15, -0.1) is 11.3 Å². The molecule has 8 nitrogen and oxygen atoms in total. The SMILES string of the molecule is COc1ccc(OC)c(C2CC(C(=O)N3CCN(Cc4nc(-c5ccc(F)cc5)cs4)CC3)NN2)c1. The molecule has 2 atom stereocenters. The number of aromatic nitrogens is 1. The molecule has 5 rings (SSSR count). The van der Waals surface area contributed by atoms with E-state index in [9.17, 15) is 9.18 Å². The third-order valence-corrected chi connectivity index (χ3v) is 7.58. The summed E-state index contributed by atoms with van der Waals surface area (Å²) in [6.45, 7) is 3.70. The number of piperazine rings is 1. The fourth-order valence-corrected chi connectivity index (χ4v) is 5.55. The summed E-state index contributed by atoms with van der Waals surface area (Å²) < 4.78 is 24.1. The van der Waals surface area contributed by atoms with E-state index in [1.807, 2.05) is 28.5 Å². The zero-order valence-corrected chi connectivity index (χ0v) is 21.2. The van der Waals surface area contributed by atoms with E-state index in [0.717, 1.165) is 53.0 Å². The van der Waals surface area contributed by atoms with Crippen LogP contribution in [0.4, 0.5) is 4.39 Å². The van der Waals surface area contributed by atoms with Gasteiger partial charge in [0.15, 0.2) is 0 Å². The van der Waals surface area contributed by atoms with Gasteiger partial charge in [0.2, 0.25) is 5.91 Å². The maximum atomic E-state index is 13.2. The first kappa shape index (κ1) is 24.6. The minimum absolute atomic E-state index is 0.0505. The maximum absolute atomic E-state index is 13.2. The lowest BCUT2D eigenvalue weighted by molar-refractivity contribution is -0.135. The van der Waals surface area contributed by atoms with Crippen molar-refractivity contribution in [2.75, 3.05) is 40.4 Å². The van der Waals surface area contributed by atoms with Crippen molar-refractivity contribution >= 4 is 17.2 Å². The van der Waals surface area contributed by atoms with Crippen LogP contribution in [0.5, 0.6) is 11.5 Å². The topological polar surface area (TPSA) is 79.0 Å². The van der Waals surface area contributed by atoms with Gasteiger partial charge in [-0.2, -0.15) is 0 Å². The minimum Gasteiger partial charge on any atom is -0.497 e. The van der Waals surface area contributed by atoms with Gasteiger partial charge in [0, 0.05) is 42.7 Å². The van der Waals surface area contributed by atoms with E-state index in [0.29, 0.717) is 19.5 Å². The first-order valence-electron chi connectivity index (χ1n) is 12.0. The van der Waals surface area contributed by atoms with Gasteiger partial charge >= 0.3 is 0 Å². The molecule has 3 aromatic rings. The highest BCUT2D eigenvalue weighted by Crippen LogP contribution is 2.33. The van der Waals surface area contributed by atoms with Gasteiger partial charge in [-0.25, -0.2) is 20.2 Å². The number of hydrogen-bond acceptors (Lipinski definition) is 8. The Hall–Kier alpha value is -3.05. The second kappa shape index (κ2) is 10.9. The van der Waals surface area contributed by atoms with Gasteiger partial charge in [-0.05, 0) is 48.9 Å². The van der Waals surface area contributed by atoms with Gasteiger partial charge in [0.25, 0.3) is 0 Å². The van der Waals surface area contributed by atoms with Gasteiger partial charge in [-0.3, -0.25) is 9.69 Å². The summed E-state index contributed by atoms with van der Waals surface area (Å²) in [5.74, 6) is 1.38. The highest BCUT2D eigenvalue weighted by atomic mass is 32.1. The Morgan fingerprint density at radius 1 is 1.08 bits per heavy atom. The lowest BCUT2D eigenvalue weighted by atomic mass is 10.00. The van der Waals surface area contributed by atoms with Crippen LogP contribution >= 0.6 is 11.3 Å². The number of thiazole rings is 1. The predicted octanol–water partition coefficient (Wildman–Crippen LogP) is 3.22. The molecule has 2 N–H and O–H groups in total. The molecule has 2 aliphatic rings. The number of rotatable bonds is 7. The molecule has 190 valence electrons. The van der Waals surface area contributed by atoms with Crippen molar-refractivity contribution in [1.82, 2.24) is 25.6 Å². The van der Waals surface area contributed by atoms with E-state index >= 15 is 0 Å². The van der Waals surface area contributed by atoms with Crippen LogP contribution in [0.2, 0.25) is 0 Å². The molecular formula is C26H30FN5O3S. The second-order valence-corrected chi connectivity index (χ2v) is 9.91. The maximum Gasteiger partial charge on any atom is 0.241 e. The van der Waals surface area contributed by atoms with Gasteiger partial charge in [0.1, 0.15) is 28.4 Å². The number of carbonyl (C=O) groups excluding carboxylic acids is 1. The number of nitrogens with one attached hydrogen (secondary N) is 2. The number of carbonyl (C=O) groups is 1. The van der Waals surface area contributed by atoms with Crippen LogP contribution in [0, 0.1) is 5.82 Å². The van der Waals surface area contributed by atoms with E-state index in [-0.39, 0.29) is 23.8 Å². The average molecular weight is 512 g/mol. The largest absolute Gasteiger partial charge is 0.497 e. The molecule has 0 spiro atoms. The Kier molecular flexibility index (Phi) is 7.47. The van der Waals surface area contributed by atoms with E-state index in [4.69, 9.17) is 14.5 Å². The molecule has 0 aliphatic carbocycles. The van der Waals surface area contributed by atoms with Crippen molar-refractivity contribution in [2.24, 2.45) is 0 Å². The zero-order chi connectivity index (χ0) is 25.1. The molecule has 36 heavy (non-hydrogen) atoms. The fraction of sp³-hybridized carbons (Fsp3) is 0.385. The monoisotopic (exact) mass is 511 g/mol. The lowest BCUT2D eigenvalue weighted by Crippen LogP contribution is -2.53. The van der Waals surface area contributed by atoms with Crippen LogP contribution in [-0.2, 0) is 11.3 Å². The Labute approximate surface area is 214 Å². The van der Waals surface area contributed by atoms with Crippen LogP contribution in [0.25, 0.3) is 11.3 Å². The first-order chi connectivity index (χ1) is 17.5. The van der Waals surface area contributed by atoms with E-state index in [1.165, 1.54) is 12.1 Å². The van der Waals surface area contributed by atoms with Crippen molar-refractivity contribution in [1.29, 1.82) is 0 Å². The number of benzene rings is 2. The van der Waals surface area contributed by atoms with E-state index < -0.39 is 0 Å². The molecule has 3 heterocycles. The minimum atomic E-state index is -0.297. The zero-order valence-electron chi connectivity index (χ0n) is 20.4.